The van der Waals surface area contributed by atoms with E-state index in [1.165, 1.54) is 25.3 Å². The van der Waals surface area contributed by atoms with Crippen molar-refractivity contribution in [3.63, 3.8) is 0 Å². The standard InChI is InChI=1S/C20H17BrN2O4S/c1-27-16-8-10-17(11-9-16)28(25,26)23-19-12-7-14(21)13-18(19)20(24)22-15-5-3-2-4-6-15/h2-13,23H,1H3,(H,22,24). The highest BCUT2D eigenvalue weighted by Gasteiger charge is 2.19. The van der Waals surface area contributed by atoms with Crippen LogP contribution in [0.4, 0.5) is 11.4 Å². The van der Waals surface area contributed by atoms with E-state index in [2.05, 4.69) is 26.0 Å². The highest BCUT2D eigenvalue weighted by molar-refractivity contribution is 9.10. The average Bonchev–Trinajstić information content (AvgIpc) is 2.70. The molecule has 2 N–H and O–H groups in total. The topological polar surface area (TPSA) is 84.5 Å². The zero-order valence-corrected chi connectivity index (χ0v) is 17.2. The van der Waals surface area contributed by atoms with E-state index in [0.29, 0.717) is 15.9 Å². The summed E-state index contributed by atoms with van der Waals surface area (Å²) in [6.07, 6.45) is 0. The van der Waals surface area contributed by atoms with E-state index in [-0.39, 0.29) is 16.1 Å². The molecule has 144 valence electrons. The summed E-state index contributed by atoms with van der Waals surface area (Å²) in [6.45, 7) is 0. The van der Waals surface area contributed by atoms with Gasteiger partial charge in [0.25, 0.3) is 15.9 Å². The van der Waals surface area contributed by atoms with Gasteiger partial charge < -0.3 is 10.1 Å². The van der Waals surface area contributed by atoms with Crippen LogP contribution in [0.2, 0.25) is 0 Å². The summed E-state index contributed by atoms with van der Waals surface area (Å²) < 4.78 is 33.6. The van der Waals surface area contributed by atoms with Gasteiger partial charge in [0.2, 0.25) is 0 Å². The minimum Gasteiger partial charge on any atom is -0.497 e. The van der Waals surface area contributed by atoms with Crippen molar-refractivity contribution in [3.05, 3.63) is 82.8 Å². The highest BCUT2D eigenvalue weighted by atomic mass is 79.9. The normalized spacial score (nSPS) is 10.9. The number of benzene rings is 3. The molecule has 0 unspecified atom stereocenters. The first-order valence-corrected chi connectivity index (χ1v) is 10.5. The van der Waals surface area contributed by atoms with E-state index >= 15 is 0 Å². The lowest BCUT2D eigenvalue weighted by atomic mass is 10.1. The van der Waals surface area contributed by atoms with Gasteiger partial charge in [-0.05, 0) is 54.6 Å². The Balaban J connectivity index is 1.90. The van der Waals surface area contributed by atoms with Crippen LogP contribution in [-0.4, -0.2) is 21.4 Å². The quantitative estimate of drug-likeness (QED) is 0.566. The molecule has 3 aromatic rings. The summed E-state index contributed by atoms with van der Waals surface area (Å²) in [5.41, 5.74) is 0.971. The molecular weight excluding hydrogens is 444 g/mol. The van der Waals surface area contributed by atoms with Crippen molar-refractivity contribution < 1.29 is 17.9 Å². The molecule has 0 heterocycles. The van der Waals surface area contributed by atoms with Gasteiger partial charge in [-0.2, -0.15) is 0 Å². The molecule has 3 rings (SSSR count). The van der Waals surface area contributed by atoms with Gasteiger partial charge in [0.1, 0.15) is 5.75 Å². The molecule has 28 heavy (non-hydrogen) atoms. The third-order valence-electron chi connectivity index (χ3n) is 3.87. The predicted octanol–water partition coefficient (Wildman–Crippen LogP) is 4.51. The summed E-state index contributed by atoms with van der Waals surface area (Å²) in [5.74, 6) is 0.116. The Bertz CT molecular complexity index is 1080. The Morgan fingerprint density at radius 2 is 1.64 bits per heavy atom. The summed E-state index contributed by atoms with van der Waals surface area (Å²) in [6, 6.07) is 19.6. The highest BCUT2D eigenvalue weighted by Crippen LogP contribution is 2.25. The van der Waals surface area contributed by atoms with Gasteiger partial charge in [0.05, 0.1) is 23.3 Å². The Hall–Kier alpha value is -2.84. The first kappa shape index (κ1) is 19.9. The van der Waals surface area contributed by atoms with Gasteiger partial charge in [0.15, 0.2) is 0 Å². The van der Waals surface area contributed by atoms with Crippen molar-refractivity contribution in [2.45, 2.75) is 4.90 Å². The van der Waals surface area contributed by atoms with Gasteiger partial charge in [-0.15, -0.1) is 0 Å². The average molecular weight is 461 g/mol. The molecule has 0 bridgehead atoms. The van der Waals surface area contributed by atoms with Crippen LogP contribution in [0.5, 0.6) is 5.75 Å². The molecule has 0 saturated carbocycles. The molecule has 0 aliphatic rings. The fourth-order valence-electron chi connectivity index (χ4n) is 2.47. The molecule has 0 fully saturated rings. The molecule has 8 heteroatoms. The molecule has 1 amide bonds. The molecule has 0 saturated heterocycles. The second kappa shape index (κ2) is 8.45. The Labute approximate surface area is 171 Å². The summed E-state index contributed by atoms with van der Waals surface area (Å²) in [4.78, 5) is 12.8. The zero-order chi connectivity index (χ0) is 20.1. The lowest BCUT2D eigenvalue weighted by molar-refractivity contribution is 0.102. The second-order valence-corrected chi connectivity index (χ2v) is 8.39. The van der Waals surface area contributed by atoms with Crippen molar-refractivity contribution in [1.29, 1.82) is 0 Å². The van der Waals surface area contributed by atoms with Gasteiger partial charge in [-0.3, -0.25) is 9.52 Å². The monoisotopic (exact) mass is 460 g/mol. The molecule has 0 aliphatic carbocycles. The van der Waals surface area contributed by atoms with E-state index < -0.39 is 15.9 Å². The third kappa shape index (κ3) is 4.71. The number of hydrogen-bond acceptors (Lipinski definition) is 4. The van der Waals surface area contributed by atoms with Gasteiger partial charge in [0, 0.05) is 10.2 Å². The number of carbonyl (C=O) groups is 1. The first-order chi connectivity index (χ1) is 13.4. The Morgan fingerprint density at radius 3 is 2.29 bits per heavy atom. The number of para-hydroxylation sites is 1. The van der Waals surface area contributed by atoms with Gasteiger partial charge in [-0.1, -0.05) is 34.1 Å². The minimum absolute atomic E-state index is 0.0608. The fraction of sp³-hybridized carbons (Fsp3) is 0.0500. The number of ether oxygens (including phenoxy) is 1. The number of rotatable bonds is 6. The number of methoxy groups -OCH3 is 1. The maximum absolute atomic E-state index is 12.7. The van der Waals surface area contributed by atoms with Crippen molar-refractivity contribution in [3.8, 4) is 5.75 Å². The van der Waals surface area contributed by atoms with E-state index in [4.69, 9.17) is 4.74 Å². The predicted molar refractivity (Wildman–Crippen MR) is 112 cm³/mol. The van der Waals surface area contributed by atoms with Crippen LogP contribution in [0.1, 0.15) is 10.4 Å². The van der Waals surface area contributed by atoms with Gasteiger partial charge >= 0.3 is 0 Å². The lowest BCUT2D eigenvalue weighted by Gasteiger charge is -2.14. The maximum Gasteiger partial charge on any atom is 0.261 e. The number of amides is 1. The number of sulfonamides is 1. The SMILES string of the molecule is COc1ccc(S(=O)(=O)Nc2ccc(Br)cc2C(=O)Nc2ccccc2)cc1. The number of halogens is 1. The third-order valence-corrected chi connectivity index (χ3v) is 5.75. The lowest BCUT2D eigenvalue weighted by Crippen LogP contribution is -2.18. The van der Waals surface area contributed by atoms with E-state index in [0.717, 1.165) is 0 Å². The van der Waals surface area contributed by atoms with Crippen LogP contribution in [0.3, 0.4) is 0 Å². The van der Waals surface area contributed by atoms with Crippen molar-refractivity contribution in [1.82, 2.24) is 0 Å². The van der Waals surface area contributed by atoms with Crippen molar-refractivity contribution >= 4 is 43.2 Å². The number of carbonyl (C=O) groups excluding carboxylic acids is 1. The van der Waals surface area contributed by atoms with Crippen LogP contribution < -0.4 is 14.8 Å². The largest absolute Gasteiger partial charge is 0.497 e. The minimum atomic E-state index is -3.88. The molecular formula is C20H17BrN2O4S. The van der Waals surface area contributed by atoms with Gasteiger partial charge in [-0.25, -0.2) is 8.42 Å². The Kier molecular flexibility index (Phi) is 6.01. The summed E-state index contributed by atoms with van der Waals surface area (Å²) in [5, 5.41) is 2.76. The van der Waals surface area contributed by atoms with Crippen LogP contribution in [0.25, 0.3) is 0 Å². The molecule has 0 spiro atoms. The van der Waals surface area contributed by atoms with E-state index in [1.807, 2.05) is 6.07 Å². The second-order valence-electron chi connectivity index (χ2n) is 5.79. The van der Waals surface area contributed by atoms with Crippen LogP contribution in [0.15, 0.2) is 82.2 Å². The van der Waals surface area contributed by atoms with Crippen LogP contribution in [-0.2, 0) is 10.0 Å². The molecule has 0 radical (unpaired) electrons. The number of hydrogen-bond donors (Lipinski definition) is 2. The maximum atomic E-state index is 12.7. The van der Waals surface area contributed by atoms with Crippen molar-refractivity contribution in [2.24, 2.45) is 0 Å². The first-order valence-electron chi connectivity index (χ1n) is 8.22. The molecule has 0 aliphatic heterocycles. The molecule has 0 aromatic heterocycles. The summed E-state index contributed by atoms with van der Waals surface area (Å²) in [7, 11) is -2.38. The Morgan fingerprint density at radius 1 is 0.964 bits per heavy atom. The number of anilines is 2. The summed E-state index contributed by atoms with van der Waals surface area (Å²) >= 11 is 3.32. The molecule has 6 nitrogen and oxygen atoms in total. The molecule has 3 aromatic carbocycles. The smallest absolute Gasteiger partial charge is 0.261 e. The van der Waals surface area contributed by atoms with Crippen molar-refractivity contribution in [2.75, 3.05) is 17.1 Å². The number of nitrogens with one attached hydrogen (secondary N) is 2. The fourth-order valence-corrected chi connectivity index (χ4v) is 3.91. The van der Waals surface area contributed by atoms with E-state index in [1.54, 1.807) is 48.5 Å². The van der Waals surface area contributed by atoms with Crippen LogP contribution in [0, 0.1) is 0 Å². The van der Waals surface area contributed by atoms with E-state index in [9.17, 15) is 13.2 Å². The molecule has 0 atom stereocenters. The zero-order valence-electron chi connectivity index (χ0n) is 14.8. The van der Waals surface area contributed by atoms with Crippen LogP contribution >= 0.6 is 15.9 Å².